The Labute approximate surface area is 322 Å². The molecule has 5 rings (SSSR count). The largest absolute Gasteiger partial charge is 0.504 e. The molecule has 11 nitrogen and oxygen atoms in total. The zero-order chi connectivity index (χ0) is 38.5. The van der Waals surface area contributed by atoms with E-state index in [0.29, 0.717) is 37.0 Å². The van der Waals surface area contributed by atoms with Crippen LogP contribution in [-0.4, -0.2) is 82.1 Å². The van der Waals surface area contributed by atoms with E-state index in [-0.39, 0.29) is 43.6 Å². The highest BCUT2D eigenvalue weighted by Gasteiger charge is 2.42. The fraction of sp³-hybridized carbons (Fsp3) is 0.674. The van der Waals surface area contributed by atoms with E-state index in [9.17, 15) is 20.4 Å². The molecule has 0 saturated heterocycles. The Balaban J connectivity index is 1.16. The number of likely N-dealkylation sites (N-methyl/N-ethyl adjacent to an activating group) is 1. The minimum Gasteiger partial charge on any atom is -0.504 e. The predicted molar refractivity (Wildman–Crippen MR) is 212 cm³/mol. The molecule has 2 heterocycles. The minimum absolute atomic E-state index is 0.00866. The molecule has 0 spiro atoms. The number of aromatic amines is 1. The van der Waals surface area contributed by atoms with Gasteiger partial charge < -0.3 is 56.0 Å². The average molecular weight is 753 g/mol. The third-order valence-corrected chi connectivity index (χ3v) is 11.8. The van der Waals surface area contributed by atoms with E-state index >= 15 is 0 Å². The van der Waals surface area contributed by atoms with Crippen LogP contribution in [0.15, 0.2) is 34.7 Å². The Morgan fingerprint density at radius 2 is 1.78 bits per heavy atom. The van der Waals surface area contributed by atoms with Crippen LogP contribution in [-0.2, 0) is 32.3 Å². The first kappa shape index (κ1) is 42.2. The number of ether oxygens (including phenoxy) is 1. The van der Waals surface area contributed by atoms with Crippen LogP contribution in [0.5, 0.6) is 11.5 Å². The van der Waals surface area contributed by atoms with Gasteiger partial charge in [0.05, 0.1) is 12.7 Å². The monoisotopic (exact) mass is 753 g/mol. The van der Waals surface area contributed by atoms with Gasteiger partial charge >= 0.3 is 0 Å². The lowest BCUT2D eigenvalue weighted by Gasteiger charge is -2.35. The van der Waals surface area contributed by atoms with Crippen molar-refractivity contribution in [3.63, 3.8) is 0 Å². The molecule has 0 amide bonds. The number of fused-ring (bicyclic) bond motifs is 2. The summed E-state index contributed by atoms with van der Waals surface area (Å²) in [4.78, 5) is 3.57. The first-order chi connectivity index (χ1) is 26.2. The number of rotatable bonds is 24. The zero-order valence-electron chi connectivity index (χ0n) is 32.7. The highest BCUT2D eigenvalue weighted by atomic mass is 16.5. The second kappa shape index (κ2) is 21.4. The van der Waals surface area contributed by atoms with E-state index in [1.807, 2.05) is 32.2 Å². The van der Waals surface area contributed by atoms with Crippen LogP contribution in [0.4, 0.5) is 0 Å². The molecule has 0 aliphatic heterocycles. The van der Waals surface area contributed by atoms with Crippen molar-refractivity contribution in [1.82, 2.24) is 15.6 Å². The smallest absolute Gasteiger partial charge is 0.161 e. The summed E-state index contributed by atoms with van der Waals surface area (Å²) in [6.07, 6.45) is 13.4. The number of aromatic hydroxyl groups is 1. The van der Waals surface area contributed by atoms with Gasteiger partial charge in [0.2, 0.25) is 0 Å². The minimum atomic E-state index is -0.902. The van der Waals surface area contributed by atoms with Crippen LogP contribution < -0.4 is 21.1 Å². The second-order valence-electron chi connectivity index (χ2n) is 16.0. The highest BCUT2D eigenvalue weighted by molar-refractivity contribution is 5.42. The van der Waals surface area contributed by atoms with Crippen molar-refractivity contribution in [3.05, 3.63) is 69.9 Å². The van der Waals surface area contributed by atoms with Crippen molar-refractivity contribution in [1.29, 1.82) is 0 Å². The second-order valence-corrected chi connectivity index (χ2v) is 16.0. The number of furan rings is 1. The number of H-pyrrole nitrogens is 1. The number of phenolic OH excluding ortho intramolecular Hbond substituents is 1. The summed E-state index contributed by atoms with van der Waals surface area (Å²) in [6.45, 7) is 3.27. The Morgan fingerprint density at radius 3 is 2.56 bits per heavy atom. The molecule has 11 heteroatoms. The Bertz CT molecular complexity index is 1540. The number of aromatic nitrogens is 1. The number of hydrogen-bond donors (Lipinski definition) is 9. The van der Waals surface area contributed by atoms with Gasteiger partial charge in [0.15, 0.2) is 11.5 Å². The quantitative estimate of drug-likeness (QED) is 0.0544. The number of hydrogen-bond acceptors (Lipinski definition) is 10. The van der Waals surface area contributed by atoms with Gasteiger partial charge in [0.1, 0.15) is 24.2 Å². The number of benzene rings is 1. The highest BCUT2D eigenvalue weighted by Crippen LogP contribution is 2.49. The van der Waals surface area contributed by atoms with Crippen LogP contribution in [0.1, 0.15) is 129 Å². The van der Waals surface area contributed by atoms with E-state index in [1.165, 1.54) is 30.5 Å². The molecule has 3 aromatic rings. The van der Waals surface area contributed by atoms with Crippen molar-refractivity contribution in [2.75, 3.05) is 33.4 Å². The van der Waals surface area contributed by atoms with Crippen LogP contribution >= 0.6 is 0 Å². The van der Waals surface area contributed by atoms with Crippen molar-refractivity contribution < 1.29 is 34.7 Å². The molecule has 7 unspecified atom stereocenters. The first-order valence-corrected chi connectivity index (χ1v) is 20.7. The zero-order valence-corrected chi connectivity index (χ0v) is 32.7. The maximum atomic E-state index is 11.4. The maximum Gasteiger partial charge on any atom is 0.161 e. The average Bonchev–Trinajstić information content (AvgIpc) is 3.89. The molecule has 2 aromatic heterocycles. The number of phenols is 1. The summed E-state index contributed by atoms with van der Waals surface area (Å²) in [6, 6.07) is 9.72. The molecule has 1 fully saturated rings. The normalized spacial score (nSPS) is 20.6. The van der Waals surface area contributed by atoms with Crippen molar-refractivity contribution in [2.45, 2.75) is 140 Å². The third-order valence-electron chi connectivity index (χ3n) is 11.8. The van der Waals surface area contributed by atoms with Crippen molar-refractivity contribution in [3.8, 4) is 11.5 Å². The van der Waals surface area contributed by atoms with Gasteiger partial charge in [-0.25, -0.2) is 0 Å². The summed E-state index contributed by atoms with van der Waals surface area (Å²) in [5.74, 6) is 3.52. The van der Waals surface area contributed by atoms with Gasteiger partial charge in [0, 0.05) is 67.5 Å². The lowest BCUT2D eigenvalue weighted by Crippen LogP contribution is -2.47. The number of nitrogens with one attached hydrogen (secondary N) is 3. The van der Waals surface area contributed by atoms with E-state index in [1.54, 1.807) is 6.07 Å². The maximum absolute atomic E-state index is 11.4. The number of unbranched alkanes of at least 4 members (excludes halogenated alkanes) is 3. The molecule has 54 heavy (non-hydrogen) atoms. The Hall–Kier alpha value is -2.90. The van der Waals surface area contributed by atoms with Gasteiger partial charge in [-0.05, 0) is 113 Å². The molecule has 302 valence electrons. The number of nitrogens with two attached hydrogens (primary N) is 1. The molecule has 0 radical (unpaired) electrons. The van der Waals surface area contributed by atoms with Gasteiger partial charge in [-0.15, -0.1) is 0 Å². The molecule has 1 saturated carbocycles. The van der Waals surface area contributed by atoms with Gasteiger partial charge in [-0.1, -0.05) is 38.2 Å². The topological polar surface area (TPSA) is 189 Å². The fourth-order valence-electron chi connectivity index (χ4n) is 8.96. The lowest BCUT2D eigenvalue weighted by molar-refractivity contribution is 0.103. The van der Waals surface area contributed by atoms with Crippen LogP contribution in [0, 0.1) is 11.8 Å². The number of aliphatic hydroxyl groups is 4. The Morgan fingerprint density at radius 1 is 0.963 bits per heavy atom. The van der Waals surface area contributed by atoms with Crippen LogP contribution in [0.2, 0.25) is 0 Å². The van der Waals surface area contributed by atoms with Gasteiger partial charge in [-0.3, -0.25) is 0 Å². The third kappa shape index (κ3) is 11.8. The standard InChI is InChI=1S/C43H68N4O7/c1-28(50)24-46-38(25-45-2)43-34-12-7-9-30(34)16-18-36-35(43)23-37(47-36)40(52)27-53-42-21-29(15-19-39(42)51)14-17-33-22-31(26-49)41(54-33)13-6-4-3-5-10-32(44)11-8-20-48/h15,19,21-23,28,30,32,34,38,40,43,45-52H,3-14,16-18,20,24-27,44H2,1-2H3. The molecular weight excluding hydrogens is 684 g/mol. The fourth-order valence-corrected chi connectivity index (χ4v) is 8.96. The van der Waals surface area contributed by atoms with Gasteiger partial charge in [0.25, 0.3) is 0 Å². The SMILES string of the molecule is CNCC(NCC(C)O)C1c2cc(C(O)COc3cc(CCc4cc(CO)c(CCCCCCC(N)CCCO)o4)ccc3O)[nH]c2CCC2CCCC21. The summed E-state index contributed by atoms with van der Waals surface area (Å²) in [7, 11) is 1.97. The van der Waals surface area contributed by atoms with Crippen LogP contribution in [0.25, 0.3) is 0 Å². The van der Waals surface area contributed by atoms with Gasteiger partial charge in [-0.2, -0.15) is 0 Å². The van der Waals surface area contributed by atoms with E-state index in [4.69, 9.17) is 20.0 Å². The van der Waals surface area contributed by atoms with E-state index in [0.717, 1.165) is 99.1 Å². The summed E-state index contributed by atoms with van der Waals surface area (Å²) < 4.78 is 12.2. The lowest BCUT2D eigenvalue weighted by atomic mass is 9.76. The van der Waals surface area contributed by atoms with Crippen LogP contribution in [0.3, 0.4) is 0 Å². The molecule has 7 atom stereocenters. The molecule has 2 aliphatic carbocycles. The van der Waals surface area contributed by atoms with E-state index < -0.39 is 12.2 Å². The molecule has 1 aromatic carbocycles. The molecular formula is C43H68N4O7. The molecule has 0 bridgehead atoms. The van der Waals surface area contributed by atoms with E-state index in [2.05, 4.69) is 21.7 Å². The summed E-state index contributed by atoms with van der Waals surface area (Å²) in [5.41, 5.74) is 11.1. The number of aliphatic hydroxyl groups excluding tert-OH is 4. The first-order valence-electron chi connectivity index (χ1n) is 20.7. The molecule has 10 N–H and O–H groups in total. The van der Waals surface area contributed by atoms with Crippen molar-refractivity contribution >= 4 is 0 Å². The predicted octanol–water partition coefficient (Wildman–Crippen LogP) is 5.30. The molecule has 2 aliphatic rings. The summed E-state index contributed by atoms with van der Waals surface area (Å²) >= 11 is 0. The summed E-state index contributed by atoms with van der Waals surface area (Å²) in [5, 5.41) is 58.1. The Kier molecular flexibility index (Phi) is 16.8. The van der Waals surface area contributed by atoms with Crippen molar-refractivity contribution in [2.24, 2.45) is 17.6 Å². The number of aryl methyl sites for hydroxylation is 4.